The zero-order valence-corrected chi connectivity index (χ0v) is 22.1. The van der Waals surface area contributed by atoms with Crippen molar-refractivity contribution >= 4 is 17.7 Å². The van der Waals surface area contributed by atoms with Crippen LogP contribution in [0.5, 0.6) is 5.75 Å². The Kier molecular flexibility index (Phi) is 7.72. The van der Waals surface area contributed by atoms with Crippen molar-refractivity contribution in [3.05, 3.63) is 64.0 Å². The van der Waals surface area contributed by atoms with Crippen molar-refractivity contribution < 1.29 is 28.6 Å². The van der Waals surface area contributed by atoms with E-state index in [4.69, 9.17) is 9.84 Å². The molecule has 2 aromatic rings. The molecular weight excluding hydrogens is 473 g/mol. The van der Waals surface area contributed by atoms with Gasteiger partial charge >= 0.3 is 5.97 Å². The van der Waals surface area contributed by atoms with Gasteiger partial charge in [-0.2, -0.15) is 0 Å². The molecule has 198 valence electrons. The molecule has 2 aromatic carbocycles. The SMILES string of the molecule is CCOc1ccc2c(c1)CCN(C(=O)[C@@H](C)CCC(=O)O)[C@H]2C(=O)Cc1cc(F)c2c(c1)CCC2(C)C. The minimum Gasteiger partial charge on any atom is -0.494 e. The van der Waals surface area contributed by atoms with E-state index in [-0.39, 0.29) is 42.2 Å². The summed E-state index contributed by atoms with van der Waals surface area (Å²) in [5, 5.41) is 9.06. The molecule has 1 N–H and O–H groups in total. The van der Waals surface area contributed by atoms with Crippen LogP contribution in [0, 0.1) is 11.7 Å². The second kappa shape index (κ2) is 10.6. The Bertz CT molecular complexity index is 1220. The first kappa shape index (κ1) is 26.8. The lowest BCUT2D eigenvalue weighted by Gasteiger charge is -2.38. The summed E-state index contributed by atoms with van der Waals surface area (Å²) in [7, 11) is 0. The Hall–Kier alpha value is -3.22. The van der Waals surface area contributed by atoms with Crippen molar-refractivity contribution in [1.82, 2.24) is 4.90 Å². The van der Waals surface area contributed by atoms with Gasteiger partial charge in [0.1, 0.15) is 17.6 Å². The summed E-state index contributed by atoms with van der Waals surface area (Å²) in [5.41, 5.74) is 3.78. The molecule has 1 aliphatic carbocycles. The quantitative estimate of drug-likeness (QED) is 0.503. The molecule has 2 aliphatic rings. The Morgan fingerprint density at radius 2 is 1.92 bits per heavy atom. The van der Waals surface area contributed by atoms with Crippen LogP contribution in [0.2, 0.25) is 0 Å². The molecule has 7 heteroatoms. The molecule has 4 rings (SSSR count). The van der Waals surface area contributed by atoms with Crippen molar-refractivity contribution in [2.45, 2.75) is 77.7 Å². The second-order valence-corrected chi connectivity index (χ2v) is 11.0. The smallest absolute Gasteiger partial charge is 0.303 e. The zero-order valence-electron chi connectivity index (χ0n) is 22.1. The fourth-order valence-electron chi connectivity index (χ4n) is 5.84. The van der Waals surface area contributed by atoms with Gasteiger partial charge in [-0.3, -0.25) is 14.4 Å². The summed E-state index contributed by atoms with van der Waals surface area (Å²) in [6, 6.07) is 8.16. The zero-order chi connectivity index (χ0) is 26.9. The summed E-state index contributed by atoms with van der Waals surface area (Å²) >= 11 is 0. The fraction of sp³-hybridized carbons (Fsp3) is 0.500. The number of fused-ring (bicyclic) bond motifs is 2. The number of aliphatic carboxylic acids is 1. The maximum Gasteiger partial charge on any atom is 0.303 e. The lowest BCUT2D eigenvalue weighted by atomic mass is 9.84. The predicted molar refractivity (Wildman–Crippen MR) is 138 cm³/mol. The molecule has 2 atom stereocenters. The van der Waals surface area contributed by atoms with Crippen molar-refractivity contribution in [1.29, 1.82) is 0 Å². The molecule has 0 fully saturated rings. The van der Waals surface area contributed by atoms with Crippen molar-refractivity contribution in [2.24, 2.45) is 5.92 Å². The minimum absolute atomic E-state index is 0.00916. The number of carboxylic acid groups (broad SMARTS) is 1. The average Bonchev–Trinajstić information content (AvgIpc) is 3.15. The number of ketones is 1. The number of ether oxygens (including phenoxy) is 1. The normalized spacial score (nSPS) is 18.6. The fourth-order valence-corrected chi connectivity index (χ4v) is 5.84. The number of rotatable bonds is 9. The monoisotopic (exact) mass is 509 g/mol. The molecule has 0 bridgehead atoms. The second-order valence-electron chi connectivity index (χ2n) is 11.0. The Morgan fingerprint density at radius 3 is 2.62 bits per heavy atom. The average molecular weight is 510 g/mol. The number of carbonyl (C=O) groups excluding carboxylic acids is 2. The summed E-state index contributed by atoms with van der Waals surface area (Å²) in [6.45, 7) is 8.56. The lowest BCUT2D eigenvalue weighted by Crippen LogP contribution is -2.46. The number of hydrogen-bond acceptors (Lipinski definition) is 4. The molecule has 1 heterocycles. The molecule has 0 radical (unpaired) electrons. The first-order valence-corrected chi connectivity index (χ1v) is 13.1. The molecule has 6 nitrogen and oxygen atoms in total. The molecule has 1 amide bonds. The van der Waals surface area contributed by atoms with Gasteiger partial charge in [-0.25, -0.2) is 4.39 Å². The Balaban J connectivity index is 1.66. The third kappa shape index (κ3) is 5.55. The number of hydrogen-bond donors (Lipinski definition) is 1. The van der Waals surface area contributed by atoms with Gasteiger partial charge in [-0.1, -0.05) is 32.9 Å². The maximum atomic E-state index is 15.1. The van der Waals surface area contributed by atoms with Crippen LogP contribution in [0.1, 0.15) is 80.8 Å². The highest BCUT2D eigenvalue weighted by atomic mass is 19.1. The van der Waals surface area contributed by atoms with E-state index in [1.165, 1.54) is 6.07 Å². The van der Waals surface area contributed by atoms with Gasteiger partial charge in [0.15, 0.2) is 5.78 Å². The Morgan fingerprint density at radius 1 is 1.16 bits per heavy atom. The topological polar surface area (TPSA) is 83.9 Å². The maximum absolute atomic E-state index is 15.1. The van der Waals surface area contributed by atoms with E-state index in [9.17, 15) is 14.4 Å². The third-order valence-corrected chi connectivity index (χ3v) is 7.76. The highest BCUT2D eigenvalue weighted by molar-refractivity contribution is 5.93. The van der Waals surface area contributed by atoms with Crippen molar-refractivity contribution in [2.75, 3.05) is 13.2 Å². The van der Waals surface area contributed by atoms with Crippen LogP contribution < -0.4 is 4.74 Å². The molecular formula is C30H36FNO5. The number of aryl methyl sites for hydroxylation is 1. The van der Waals surface area contributed by atoms with E-state index in [0.29, 0.717) is 30.9 Å². The van der Waals surface area contributed by atoms with E-state index in [1.54, 1.807) is 11.8 Å². The number of Topliss-reactive ketones (excluding diaryl/α,β-unsaturated/α-hetero) is 1. The summed E-state index contributed by atoms with van der Waals surface area (Å²) < 4.78 is 20.8. The summed E-state index contributed by atoms with van der Waals surface area (Å²) in [5.74, 6) is -1.47. The van der Waals surface area contributed by atoms with Gasteiger partial charge in [0.05, 0.1) is 6.61 Å². The summed E-state index contributed by atoms with van der Waals surface area (Å²) in [4.78, 5) is 39.9. The summed E-state index contributed by atoms with van der Waals surface area (Å²) in [6.07, 6.45) is 2.31. The highest BCUT2D eigenvalue weighted by Gasteiger charge is 2.38. The van der Waals surface area contributed by atoms with Gasteiger partial charge < -0.3 is 14.7 Å². The third-order valence-electron chi connectivity index (χ3n) is 7.76. The lowest BCUT2D eigenvalue weighted by molar-refractivity contribution is -0.144. The van der Waals surface area contributed by atoms with Crippen LogP contribution in [-0.2, 0) is 39.1 Å². The number of benzene rings is 2. The van der Waals surface area contributed by atoms with Gasteiger partial charge in [0.2, 0.25) is 5.91 Å². The van der Waals surface area contributed by atoms with E-state index in [2.05, 4.69) is 0 Å². The van der Waals surface area contributed by atoms with Crippen LogP contribution in [0.25, 0.3) is 0 Å². The number of nitrogens with zero attached hydrogens (tertiary/aromatic N) is 1. The van der Waals surface area contributed by atoms with E-state index in [1.807, 2.05) is 45.0 Å². The standard InChI is InChI=1S/C30H36FNO5/c1-5-37-22-7-8-23-20(17-22)11-13-32(29(36)18(2)6-9-26(34)35)28(23)25(33)16-19-14-21-10-12-30(3,4)27(21)24(31)15-19/h7-8,14-15,17-18,28H,5-6,9-13,16H2,1-4H3,(H,34,35)/t18-,28+/m0/s1. The van der Waals surface area contributed by atoms with Crippen LogP contribution in [0.15, 0.2) is 30.3 Å². The predicted octanol–water partition coefficient (Wildman–Crippen LogP) is 5.19. The molecule has 0 unspecified atom stereocenters. The van der Waals surface area contributed by atoms with Crippen molar-refractivity contribution in [3.63, 3.8) is 0 Å². The molecule has 0 saturated carbocycles. The van der Waals surface area contributed by atoms with Gasteiger partial charge in [0.25, 0.3) is 0 Å². The molecule has 1 aliphatic heterocycles. The Labute approximate surface area is 217 Å². The van der Waals surface area contributed by atoms with Crippen LogP contribution in [0.3, 0.4) is 0 Å². The van der Waals surface area contributed by atoms with E-state index >= 15 is 4.39 Å². The number of amides is 1. The number of carboxylic acids is 1. The van der Waals surface area contributed by atoms with Crippen LogP contribution in [-0.4, -0.2) is 40.8 Å². The highest BCUT2D eigenvalue weighted by Crippen LogP contribution is 2.41. The van der Waals surface area contributed by atoms with Gasteiger partial charge in [0, 0.05) is 25.3 Å². The largest absolute Gasteiger partial charge is 0.494 e. The minimum atomic E-state index is -0.957. The first-order chi connectivity index (χ1) is 17.5. The van der Waals surface area contributed by atoms with E-state index in [0.717, 1.165) is 35.1 Å². The molecule has 0 saturated heterocycles. The van der Waals surface area contributed by atoms with Crippen molar-refractivity contribution in [3.8, 4) is 5.75 Å². The van der Waals surface area contributed by atoms with Gasteiger partial charge in [-0.05, 0) is 84.0 Å². The number of carbonyl (C=O) groups is 3. The van der Waals surface area contributed by atoms with Crippen LogP contribution in [0.4, 0.5) is 4.39 Å². The molecule has 0 aromatic heterocycles. The first-order valence-electron chi connectivity index (χ1n) is 13.1. The molecule has 0 spiro atoms. The van der Waals surface area contributed by atoms with E-state index < -0.39 is 17.9 Å². The van der Waals surface area contributed by atoms with Crippen LogP contribution >= 0.6 is 0 Å². The van der Waals surface area contributed by atoms with Gasteiger partial charge in [-0.15, -0.1) is 0 Å². The molecule has 37 heavy (non-hydrogen) atoms. The number of halogens is 1.